The van der Waals surface area contributed by atoms with Gasteiger partial charge in [-0.05, 0) is 30.5 Å². The summed E-state index contributed by atoms with van der Waals surface area (Å²) in [5.41, 5.74) is 2.26. The molecule has 1 atom stereocenters. The normalized spacial score (nSPS) is 18.1. The van der Waals surface area contributed by atoms with Crippen molar-refractivity contribution in [3.8, 4) is 0 Å². The maximum atomic E-state index is 12.1. The minimum Gasteiger partial charge on any atom is -0.380 e. The Morgan fingerprint density at radius 3 is 2.80 bits per heavy atom. The van der Waals surface area contributed by atoms with Gasteiger partial charge in [-0.2, -0.15) is 0 Å². The lowest BCUT2D eigenvalue weighted by Crippen LogP contribution is -2.40. The summed E-state index contributed by atoms with van der Waals surface area (Å²) >= 11 is 0. The molecule has 1 unspecified atom stereocenters. The number of amides is 1. The van der Waals surface area contributed by atoms with Crippen molar-refractivity contribution in [1.29, 1.82) is 0 Å². The van der Waals surface area contributed by atoms with Crippen LogP contribution in [0.2, 0.25) is 0 Å². The van der Waals surface area contributed by atoms with Gasteiger partial charge in [0.2, 0.25) is 5.91 Å². The van der Waals surface area contributed by atoms with Crippen molar-refractivity contribution in [2.24, 2.45) is 5.92 Å². The molecule has 2 rings (SSSR count). The minimum atomic E-state index is 0. The van der Waals surface area contributed by atoms with Gasteiger partial charge in [0.25, 0.3) is 0 Å². The zero-order valence-electron chi connectivity index (χ0n) is 11.9. The van der Waals surface area contributed by atoms with Crippen molar-refractivity contribution < 1.29 is 9.53 Å². The molecule has 5 heteroatoms. The molecule has 0 saturated carbocycles. The van der Waals surface area contributed by atoms with Crippen LogP contribution < -0.4 is 10.6 Å². The first-order valence-corrected chi connectivity index (χ1v) is 6.85. The molecule has 0 aromatic heterocycles. The smallest absolute Gasteiger partial charge is 0.224 e. The highest BCUT2D eigenvalue weighted by molar-refractivity contribution is 5.85. The van der Waals surface area contributed by atoms with E-state index in [1.807, 2.05) is 24.3 Å². The third kappa shape index (κ3) is 4.78. The van der Waals surface area contributed by atoms with Crippen LogP contribution in [0.15, 0.2) is 24.3 Å². The number of piperidine rings is 1. The number of benzene rings is 1. The molecule has 1 heterocycles. The fourth-order valence-electron chi connectivity index (χ4n) is 2.43. The van der Waals surface area contributed by atoms with E-state index in [9.17, 15) is 4.79 Å². The molecule has 1 amide bonds. The molecule has 2 N–H and O–H groups in total. The van der Waals surface area contributed by atoms with Crippen molar-refractivity contribution in [2.45, 2.75) is 26.0 Å². The van der Waals surface area contributed by atoms with E-state index < -0.39 is 0 Å². The summed E-state index contributed by atoms with van der Waals surface area (Å²) in [5.74, 6) is 0.266. The topological polar surface area (TPSA) is 50.4 Å². The van der Waals surface area contributed by atoms with E-state index in [1.165, 1.54) is 0 Å². The lowest BCUT2D eigenvalue weighted by Gasteiger charge is -2.22. The predicted octanol–water partition coefficient (Wildman–Crippen LogP) is 1.87. The summed E-state index contributed by atoms with van der Waals surface area (Å²) < 4.78 is 5.17. The average Bonchev–Trinajstić information content (AvgIpc) is 2.47. The number of nitrogens with one attached hydrogen (secondary N) is 2. The molecule has 1 aromatic rings. The molecule has 0 aliphatic carbocycles. The van der Waals surface area contributed by atoms with E-state index in [0.29, 0.717) is 13.2 Å². The molecular formula is C15H23ClN2O2. The fraction of sp³-hybridized carbons (Fsp3) is 0.533. The SMILES string of the molecule is COCc1ccccc1CNC(=O)C1CCCNC1.Cl. The molecular weight excluding hydrogens is 276 g/mol. The summed E-state index contributed by atoms with van der Waals surface area (Å²) in [4.78, 5) is 12.1. The Hall–Kier alpha value is -1.10. The first-order valence-electron chi connectivity index (χ1n) is 6.85. The van der Waals surface area contributed by atoms with Crippen LogP contribution in [0, 0.1) is 5.92 Å². The van der Waals surface area contributed by atoms with Crippen molar-refractivity contribution in [3.05, 3.63) is 35.4 Å². The summed E-state index contributed by atoms with van der Waals surface area (Å²) in [6.07, 6.45) is 2.07. The highest BCUT2D eigenvalue weighted by atomic mass is 35.5. The van der Waals surface area contributed by atoms with Gasteiger partial charge < -0.3 is 15.4 Å². The van der Waals surface area contributed by atoms with Gasteiger partial charge in [0, 0.05) is 20.2 Å². The highest BCUT2D eigenvalue weighted by Crippen LogP contribution is 2.12. The zero-order chi connectivity index (χ0) is 13.5. The first-order chi connectivity index (χ1) is 9.31. The Morgan fingerprint density at radius 2 is 2.15 bits per heavy atom. The molecule has 4 nitrogen and oxygen atoms in total. The number of rotatable bonds is 5. The van der Waals surface area contributed by atoms with E-state index in [0.717, 1.165) is 37.1 Å². The second-order valence-electron chi connectivity index (χ2n) is 4.96. The van der Waals surface area contributed by atoms with Crippen LogP contribution in [-0.2, 0) is 22.7 Å². The molecule has 0 radical (unpaired) electrons. The zero-order valence-corrected chi connectivity index (χ0v) is 12.7. The molecule has 1 fully saturated rings. The quantitative estimate of drug-likeness (QED) is 0.872. The highest BCUT2D eigenvalue weighted by Gasteiger charge is 2.20. The molecule has 0 bridgehead atoms. The number of carbonyl (C=O) groups excluding carboxylic acids is 1. The number of carbonyl (C=O) groups is 1. The molecule has 1 aliphatic rings. The Bertz CT molecular complexity index is 420. The van der Waals surface area contributed by atoms with Crippen LogP contribution in [0.1, 0.15) is 24.0 Å². The summed E-state index contributed by atoms with van der Waals surface area (Å²) in [6, 6.07) is 8.05. The van der Waals surface area contributed by atoms with E-state index in [2.05, 4.69) is 10.6 Å². The van der Waals surface area contributed by atoms with Crippen LogP contribution in [0.4, 0.5) is 0 Å². The van der Waals surface area contributed by atoms with E-state index in [1.54, 1.807) is 7.11 Å². The average molecular weight is 299 g/mol. The lowest BCUT2D eigenvalue weighted by molar-refractivity contribution is -0.125. The molecule has 1 saturated heterocycles. The Morgan fingerprint density at radius 1 is 1.40 bits per heavy atom. The van der Waals surface area contributed by atoms with Gasteiger partial charge in [-0.15, -0.1) is 12.4 Å². The van der Waals surface area contributed by atoms with E-state index >= 15 is 0 Å². The number of hydrogen-bond donors (Lipinski definition) is 2. The number of methoxy groups -OCH3 is 1. The predicted molar refractivity (Wildman–Crippen MR) is 81.8 cm³/mol. The summed E-state index contributed by atoms with van der Waals surface area (Å²) in [5, 5.41) is 6.30. The largest absolute Gasteiger partial charge is 0.380 e. The van der Waals surface area contributed by atoms with Gasteiger partial charge >= 0.3 is 0 Å². The van der Waals surface area contributed by atoms with Crippen molar-refractivity contribution in [3.63, 3.8) is 0 Å². The summed E-state index contributed by atoms with van der Waals surface area (Å²) in [6.45, 7) is 2.98. The third-order valence-electron chi connectivity index (χ3n) is 3.54. The van der Waals surface area contributed by atoms with Gasteiger partial charge in [0.15, 0.2) is 0 Å². The van der Waals surface area contributed by atoms with Gasteiger partial charge in [-0.25, -0.2) is 0 Å². The number of hydrogen-bond acceptors (Lipinski definition) is 3. The molecule has 0 spiro atoms. The molecule has 20 heavy (non-hydrogen) atoms. The Balaban J connectivity index is 0.00000200. The van der Waals surface area contributed by atoms with E-state index in [-0.39, 0.29) is 24.2 Å². The van der Waals surface area contributed by atoms with E-state index in [4.69, 9.17) is 4.74 Å². The molecule has 1 aliphatic heterocycles. The maximum Gasteiger partial charge on any atom is 0.224 e. The fourth-order valence-corrected chi connectivity index (χ4v) is 2.43. The number of ether oxygens (including phenoxy) is 1. The van der Waals surface area contributed by atoms with Gasteiger partial charge in [0.05, 0.1) is 12.5 Å². The number of halogens is 1. The lowest BCUT2D eigenvalue weighted by atomic mass is 9.98. The summed E-state index contributed by atoms with van der Waals surface area (Å²) in [7, 11) is 1.68. The third-order valence-corrected chi connectivity index (χ3v) is 3.54. The van der Waals surface area contributed by atoms with Crippen LogP contribution in [0.5, 0.6) is 0 Å². The minimum absolute atomic E-state index is 0. The van der Waals surface area contributed by atoms with Crippen LogP contribution in [-0.4, -0.2) is 26.1 Å². The van der Waals surface area contributed by atoms with Crippen molar-refractivity contribution in [2.75, 3.05) is 20.2 Å². The van der Waals surface area contributed by atoms with Crippen molar-refractivity contribution >= 4 is 18.3 Å². The van der Waals surface area contributed by atoms with Crippen LogP contribution >= 0.6 is 12.4 Å². The van der Waals surface area contributed by atoms with Crippen LogP contribution in [0.3, 0.4) is 0 Å². The van der Waals surface area contributed by atoms with Gasteiger partial charge in [0.1, 0.15) is 0 Å². The monoisotopic (exact) mass is 298 g/mol. The van der Waals surface area contributed by atoms with Crippen molar-refractivity contribution in [1.82, 2.24) is 10.6 Å². The Labute approximate surface area is 126 Å². The second kappa shape index (κ2) is 8.95. The standard InChI is InChI=1S/C15H22N2O2.ClH/c1-19-11-14-6-3-2-5-12(14)10-17-15(18)13-7-4-8-16-9-13;/h2-3,5-6,13,16H,4,7-11H2,1H3,(H,17,18);1H. The molecule has 1 aromatic carbocycles. The van der Waals surface area contributed by atoms with Gasteiger partial charge in [-0.1, -0.05) is 24.3 Å². The maximum absolute atomic E-state index is 12.1. The van der Waals surface area contributed by atoms with Gasteiger partial charge in [-0.3, -0.25) is 4.79 Å². The molecule has 112 valence electrons. The van der Waals surface area contributed by atoms with Crippen LogP contribution in [0.25, 0.3) is 0 Å². The first kappa shape index (κ1) is 17.0. The Kier molecular flexibility index (Phi) is 7.59. The second-order valence-corrected chi connectivity index (χ2v) is 4.96.